The highest BCUT2D eigenvalue weighted by molar-refractivity contribution is 9.10. The number of hydrogen-bond donors (Lipinski definition) is 1. The van der Waals surface area contributed by atoms with Gasteiger partial charge in [0.25, 0.3) is 0 Å². The van der Waals surface area contributed by atoms with Crippen LogP contribution >= 0.6 is 15.9 Å². The second-order valence-corrected chi connectivity index (χ2v) is 6.57. The van der Waals surface area contributed by atoms with Crippen LogP contribution < -0.4 is 10.2 Å². The van der Waals surface area contributed by atoms with E-state index in [1.807, 2.05) is 0 Å². The van der Waals surface area contributed by atoms with Crippen LogP contribution in [-0.4, -0.2) is 25.7 Å². The van der Waals surface area contributed by atoms with Crippen molar-refractivity contribution in [1.82, 2.24) is 5.32 Å². The Labute approximate surface area is 119 Å². The van der Waals surface area contributed by atoms with Gasteiger partial charge in [-0.3, -0.25) is 0 Å². The zero-order valence-corrected chi connectivity index (χ0v) is 13.1. The van der Waals surface area contributed by atoms with Crippen LogP contribution in [-0.2, 0) is 0 Å². The number of nitrogens with one attached hydrogen (secondary N) is 1. The molecule has 0 bridgehead atoms. The van der Waals surface area contributed by atoms with E-state index in [4.69, 9.17) is 0 Å². The molecule has 1 unspecified atom stereocenters. The molecule has 100 valence electrons. The third-order valence-electron chi connectivity index (χ3n) is 3.51. The summed E-state index contributed by atoms with van der Waals surface area (Å²) in [6.45, 7) is 10.1. The smallest absolute Gasteiger partial charge is 0.0397 e. The van der Waals surface area contributed by atoms with Gasteiger partial charge in [0.2, 0.25) is 0 Å². The van der Waals surface area contributed by atoms with E-state index in [-0.39, 0.29) is 0 Å². The number of benzene rings is 1. The van der Waals surface area contributed by atoms with Crippen LogP contribution in [0, 0.1) is 12.8 Å². The molecule has 0 aliphatic carbocycles. The summed E-state index contributed by atoms with van der Waals surface area (Å²) in [5.41, 5.74) is 2.74. The fourth-order valence-corrected chi connectivity index (χ4v) is 3.22. The molecule has 0 amide bonds. The SMILES string of the molecule is Cc1cc(Br)ccc1N1CCNC(CC(C)C)C1. The van der Waals surface area contributed by atoms with Crippen molar-refractivity contribution in [3.05, 3.63) is 28.2 Å². The van der Waals surface area contributed by atoms with Crippen molar-refractivity contribution in [2.24, 2.45) is 5.92 Å². The van der Waals surface area contributed by atoms with E-state index in [1.165, 1.54) is 17.7 Å². The lowest BCUT2D eigenvalue weighted by Crippen LogP contribution is -2.51. The molecule has 1 aromatic carbocycles. The van der Waals surface area contributed by atoms with Crippen LogP contribution in [0.1, 0.15) is 25.8 Å². The predicted octanol–water partition coefficient (Wildman–Crippen LogP) is 3.58. The largest absolute Gasteiger partial charge is 0.368 e. The minimum absolute atomic E-state index is 0.627. The average Bonchev–Trinajstić information content (AvgIpc) is 2.28. The number of hydrogen-bond acceptors (Lipinski definition) is 2. The summed E-state index contributed by atoms with van der Waals surface area (Å²) in [4.78, 5) is 2.52. The fraction of sp³-hybridized carbons (Fsp3) is 0.600. The molecule has 1 aromatic rings. The summed E-state index contributed by atoms with van der Waals surface area (Å²) in [6, 6.07) is 7.20. The molecule has 1 atom stereocenters. The van der Waals surface area contributed by atoms with Gasteiger partial charge >= 0.3 is 0 Å². The van der Waals surface area contributed by atoms with Gasteiger partial charge in [0, 0.05) is 35.8 Å². The number of halogens is 1. The molecule has 1 fully saturated rings. The van der Waals surface area contributed by atoms with Gasteiger partial charge in [0.05, 0.1) is 0 Å². The molecule has 0 radical (unpaired) electrons. The monoisotopic (exact) mass is 310 g/mol. The van der Waals surface area contributed by atoms with Crippen molar-refractivity contribution in [2.45, 2.75) is 33.2 Å². The van der Waals surface area contributed by atoms with Gasteiger partial charge in [0.15, 0.2) is 0 Å². The molecule has 2 rings (SSSR count). The van der Waals surface area contributed by atoms with Crippen molar-refractivity contribution >= 4 is 21.6 Å². The summed E-state index contributed by atoms with van der Waals surface area (Å²) in [6.07, 6.45) is 1.26. The third kappa shape index (κ3) is 3.48. The van der Waals surface area contributed by atoms with Crippen LogP contribution in [0.4, 0.5) is 5.69 Å². The Bertz CT molecular complexity index is 403. The molecule has 2 nitrogen and oxygen atoms in total. The van der Waals surface area contributed by atoms with Crippen LogP contribution in [0.5, 0.6) is 0 Å². The maximum Gasteiger partial charge on any atom is 0.0397 e. The predicted molar refractivity (Wildman–Crippen MR) is 82.3 cm³/mol. The molecule has 0 aromatic heterocycles. The summed E-state index contributed by atoms with van der Waals surface area (Å²) in [5.74, 6) is 0.758. The van der Waals surface area contributed by atoms with Crippen LogP contribution in [0.3, 0.4) is 0 Å². The van der Waals surface area contributed by atoms with E-state index in [2.05, 4.69) is 65.1 Å². The van der Waals surface area contributed by atoms with E-state index in [0.717, 1.165) is 30.0 Å². The van der Waals surface area contributed by atoms with E-state index in [9.17, 15) is 0 Å². The standard InChI is InChI=1S/C15H23BrN2/c1-11(2)8-14-10-18(7-6-17-14)15-5-4-13(16)9-12(15)3/h4-5,9,11,14,17H,6-8,10H2,1-3H3. The molecule has 1 aliphatic heterocycles. The third-order valence-corrected chi connectivity index (χ3v) is 4.00. The molecular weight excluding hydrogens is 288 g/mol. The molecule has 0 saturated carbocycles. The van der Waals surface area contributed by atoms with Gasteiger partial charge in [-0.1, -0.05) is 29.8 Å². The second-order valence-electron chi connectivity index (χ2n) is 5.66. The van der Waals surface area contributed by atoms with Gasteiger partial charge in [-0.25, -0.2) is 0 Å². The topological polar surface area (TPSA) is 15.3 Å². The van der Waals surface area contributed by atoms with E-state index >= 15 is 0 Å². The van der Waals surface area contributed by atoms with E-state index in [0.29, 0.717) is 6.04 Å². The van der Waals surface area contributed by atoms with Gasteiger partial charge < -0.3 is 10.2 Å². The first-order valence-electron chi connectivity index (χ1n) is 6.80. The van der Waals surface area contributed by atoms with E-state index in [1.54, 1.807) is 0 Å². The Balaban J connectivity index is 2.08. The second kappa shape index (κ2) is 6.07. The minimum Gasteiger partial charge on any atom is -0.368 e. The Morgan fingerprint density at radius 2 is 2.22 bits per heavy atom. The summed E-state index contributed by atoms with van der Waals surface area (Å²) < 4.78 is 1.16. The highest BCUT2D eigenvalue weighted by atomic mass is 79.9. The van der Waals surface area contributed by atoms with Gasteiger partial charge in [-0.2, -0.15) is 0 Å². The lowest BCUT2D eigenvalue weighted by atomic mass is 10.0. The Hall–Kier alpha value is -0.540. The Morgan fingerprint density at radius 3 is 2.89 bits per heavy atom. The lowest BCUT2D eigenvalue weighted by Gasteiger charge is -2.36. The molecule has 1 aliphatic rings. The fourth-order valence-electron chi connectivity index (χ4n) is 2.74. The summed E-state index contributed by atoms with van der Waals surface area (Å²) in [7, 11) is 0. The quantitative estimate of drug-likeness (QED) is 0.918. The average molecular weight is 311 g/mol. The first-order chi connectivity index (χ1) is 8.56. The number of rotatable bonds is 3. The number of nitrogens with zero attached hydrogens (tertiary/aromatic N) is 1. The summed E-state index contributed by atoms with van der Waals surface area (Å²) in [5, 5.41) is 3.63. The molecule has 3 heteroatoms. The molecule has 1 N–H and O–H groups in total. The zero-order valence-electron chi connectivity index (χ0n) is 11.5. The number of piperazine rings is 1. The summed E-state index contributed by atoms with van der Waals surface area (Å²) >= 11 is 3.53. The number of anilines is 1. The normalized spacial score (nSPS) is 20.5. The van der Waals surface area contributed by atoms with Crippen LogP contribution in [0.2, 0.25) is 0 Å². The highest BCUT2D eigenvalue weighted by Crippen LogP contribution is 2.25. The maximum absolute atomic E-state index is 3.63. The van der Waals surface area contributed by atoms with Crippen LogP contribution in [0.25, 0.3) is 0 Å². The van der Waals surface area contributed by atoms with Crippen LogP contribution in [0.15, 0.2) is 22.7 Å². The van der Waals surface area contributed by atoms with Crippen molar-refractivity contribution in [3.8, 4) is 0 Å². The Kier molecular flexibility index (Phi) is 4.68. The highest BCUT2D eigenvalue weighted by Gasteiger charge is 2.21. The van der Waals surface area contributed by atoms with Gasteiger partial charge in [-0.05, 0) is 43.0 Å². The maximum atomic E-state index is 3.63. The van der Waals surface area contributed by atoms with Crippen molar-refractivity contribution in [2.75, 3.05) is 24.5 Å². The molecular formula is C15H23BrN2. The van der Waals surface area contributed by atoms with Crippen molar-refractivity contribution in [1.29, 1.82) is 0 Å². The van der Waals surface area contributed by atoms with Gasteiger partial charge in [0.1, 0.15) is 0 Å². The molecule has 1 saturated heterocycles. The van der Waals surface area contributed by atoms with Gasteiger partial charge in [-0.15, -0.1) is 0 Å². The molecule has 18 heavy (non-hydrogen) atoms. The molecule has 1 heterocycles. The molecule has 0 spiro atoms. The van der Waals surface area contributed by atoms with E-state index < -0.39 is 0 Å². The zero-order chi connectivity index (χ0) is 13.1. The Morgan fingerprint density at radius 1 is 1.44 bits per heavy atom. The lowest BCUT2D eigenvalue weighted by molar-refractivity contribution is 0.388. The number of aryl methyl sites for hydroxylation is 1. The van der Waals surface area contributed by atoms with Crippen molar-refractivity contribution < 1.29 is 0 Å². The minimum atomic E-state index is 0.627. The first kappa shape index (κ1) is 13.9. The van der Waals surface area contributed by atoms with Crippen molar-refractivity contribution in [3.63, 3.8) is 0 Å². The first-order valence-corrected chi connectivity index (χ1v) is 7.60.